The Balaban J connectivity index is 0.00000242. The van der Waals surface area contributed by atoms with Crippen LogP contribution in [-0.2, 0) is 9.59 Å². The molecule has 1 aliphatic carbocycles. The van der Waals surface area contributed by atoms with E-state index < -0.39 is 0 Å². The molecule has 0 aromatic heterocycles. The number of hydrogen-bond acceptors (Lipinski definition) is 3. The van der Waals surface area contributed by atoms with Gasteiger partial charge >= 0.3 is 0 Å². The molecule has 128 valence electrons. The number of rotatable bonds is 5. The molecular weight excluding hydrogens is 302 g/mol. The molecule has 1 saturated carbocycles. The Morgan fingerprint density at radius 1 is 1.18 bits per heavy atom. The Hall–Kier alpha value is -0.810. The molecule has 1 unspecified atom stereocenters. The predicted molar refractivity (Wildman–Crippen MR) is 89.9 cm³/mol. The van der Waals surface area contributed by atoms with Crippen LogP contribution in [0, 0.1) is 5.92 Å². The van der Waals surface area contributed by atoms with Gasteiger partial charge in [-0.25, -0.2) is 0 Å². The quantitative estimate of drug-likeness (QED) is 0.807. The van der Waals surface area contributed by atoms with Crippen molar-refractivity contribution in [1.29, 1.82) is 0 Å². The highest BCUT2D eigenvalue weighted by molar-refractivity contribution is 5.85. The third-order valence-electron chi connectivity index (χ3n) is 4.83. The molecule has 2 fully saturated rings. The van der Waals surface area contributed by atoms with Gasteiger partial charge in [0.2, 0.25) is 11.8 Å². The number of nitrogens with one attached hydrogen (secondary N) is 1. The van der Waals surface area contributed by atoms with Gasteiger partial charge in [0.25, 0.3) is 0 Å². The highest BCUT2D eigenvalue weighted by Gasteiger charge is 2.25. The highest BCUT2D eigenvalue weighted by Crippen LogP contribution is 2.26. The van der Waals surface area contributed by atoms with E-state index in [1.165, 1.54) is 19.3 Å². The first-order chi connectivity index (χ1) is 10.2. The first kappa shape index (κ1) is 19.2. The zero-order valence-corrected chi connectivity index (χ0v) is 14.2. The van der Waals surface area contributed by atoms with Crippen LogP contribution in [0.15, 0.2) is 0 Å². The van der Waals surface area contributed by atoms with E-state index >= 15 is 0 Å². The van der Waals surface area contributed by atoms with E-state index in [1.807, 2.05) is 0 Å². The van der Waals surface area contributed by atoms with Crippen LogP contribution in [-0.4, -0.2) is 42.4 Å². The van der Waals surface area contributed by atoms with E-state index in [-0.39, 0.29) is 36.8 Å². The molecule has 5 nitrogen and oxygen atoms in total. The fraction of sp³-hybridized carbons (Fsp3) is 0.875. The fourth-order valence-corrected chi connectivity index (χ4v) is 3.54. The zero-order chi connectivity index (χ0) is 15.1. The molecule has 2 rings (SSSR count). The zero-order valence-electron chi connectivity index (χ0n) is 13.4. The average molecular weight is 332 g/mol. The molecule has 0 spiro atoms. The Kier molecular flexibility index (Phi) is 8.79. The van der Waals surface area contributed by atoms with Gasteiger partial charge in [0.1, 0.15) is 0 Å². The standard InChI is InChI=1S/C16H29N3O2.ClH/c17-11-14(13-7-3-1-4-8-13)18-15(20)12-19-10-6-2-5-9-16(19)21;/h13-14H,1-12,17H2,(H,18,20);1H. The summed E-state index contributed by atoms with van der Waals surface area (Å²) in [5, 5.41) is 3.07. The topological polar surface area (TPSA) is 75.4 Å². The van der Waals surface area contributed by atoms with Crippen molar-refractivity contribution >= 4 is 24.2 Å². The van der Waals surface area contributed by atoms with E-state index in [0.29, 0.717) is 25.4 Å². The van der Waals surface area contributed by atoms with Gasteiger partial charge in [0.15, 0.2) is 0 Å². The van der Waals surface area contributed by atoms with Crippen LogP contribution in [0.2, 0.25) is 0 Å². The van der Waals surface area contributed by atoms with Crippen molar-refractivity contribution in [2.24, 2.45) is 11.7 Å². The lowest BCUT2D eigenvalue weighted by Crippen LogP contribution is -2.49. The minimum atomic E-state index is -0.0497. The van der Waals surface area contributed by atoms with Gasteiger partial charge in [-0.05, 0) is 31.6 Å². The Morgan fingerprint density at radius 3 is 2.55 bits per heavy atom. The van der Waals surface area contributed by atoms with Crippen LogP contribution < -0.4 is 11.1 Å². The summed E-state index contributed by atoms with van der Waals surface area (Å²) >= 11 is 0. The predicted octanol–water partition coefficient (Wildman–Crippen LogP) is 1.83. The van der Waals surface area contributed by atoms with Crippen molar-refractivity contribution < 1.29 is 9.59 Å². The molecule has 2 aliphatic rings. The number of nitrogens with zero attached hydrogens (tertiary/aromatic N) is 1. The monoisotopic (exact) mass is 331 g/mol. The highest BCUT2D eigenvalue weighted by atomic mass is 35.5. The second kappa shape index (κ2) is 10.1. The van der Waals surface area contributed by atoms with E-state index in [2.05, 4.69) is 5.32 Å². The largest absolute Gasteiger partial charge is 0.350 e. The van der Waals surface area contributed by atoms with Crippen molar-refractivity contribution in [3.8, 4) is 0 Å². The minimum Gasteiger partial charge on any atom is -0.350 e. The first-order valence-corrected chi connectivity index (χ1v) is 8.48. The number of amides is 2. The molecule has 0 aromatic carbocycles. The number of likely N-dealkylation sites (tertiary alicyclic amines) is 1. The number of hydrogen-bond donors (Lipinski definition) is 2. The summed E-state index contributed by atoms with van der Waals surface area (Å²) in [5.74, 6) is 0.573. The molecule has 1 aliphatic heterocycles. The molecule has 1 saturated heterocycles. The van der Waals surface area contributed by atoms with Gasteiger partial charge in [-0.2, -0.15) is 0 Å². The van der Waals surface area contributed by atoms with E-state index in [4.69, 9.17) is 5.73 Å². The van der Waals surface area contributed by atoms with Gasteiger partial charge in [-0.3, -0.25) is 9.59 Å². The molecule has 22 heavy (non-hydrogen) atoms. The van der Waals surface area contributed by atoms with E-state index in [1.54, 1.807) is 4.90 Å². The molecule has 0 aromatic rings. The third-order valence-corrected chi connectivity index (χ3v) is 4.83. The van der Waals surface area contributed by atoms with Crippen LogP contribution >= 0.6 is 12.4 Å². The van der Waals surface area contributed by atoms with E-state index in [0.717, 1.165) is 32.1 Å². The summed E-state index contributed by atoms with van der Waals surface area (Å²) in [7, 11) is 0. The smallest absolute Gasteiger partial charge is 0.239 e. The molecule has 6 heteroatoms. The van der Waals surface area contributed by atoms with Crippen molar-refractivity contribution in [2.45, 2.75) is 63.8 Å². The summed E-state index contributed by atoms with van der Waals surface area (Å²) < 4.78 is 0. The Labute approximate surface area is 139 Å². The van der Waals surface area contributed by atoms with Crippen molar-refractivity contribution in [2.75, 3.05) is 19.6 Å². The number of carbonyl (C=O) groups excluding carboxylic acids is 2. The van der Waals surface area contributed by atoms with Gasteiger partial charge in [0, 0.05) is 25.6 Å². The van der Waals surface area contributed by atoms with Crippen LogP contribution in [0.5, 0.6) is 0 Å². The molecule has 1 atom stereocenters. The second-order valence-corrected chi connectivity index (χ2v) is 6.43. The maximum Gasteiger partial charge on any atom is 0.239 e. The first-order valence-electron chi connectivity index (χ1n) is 8.48. The fourth-order valence-electron chi connectivity index (χ4n) is 3.54. The number of nitrogens with two attached hydrogens (primary N) is 1. The summed E-state index contributed by atoms with van der Waals surface area (Å²) in [6, 6.07) is 0.0693. The lowest BCUT2D eigenvalue weighted by atomic mass is 9.84. The van der Waals surface area contributed by atoms with Gasteiger partial charge in [-0.15, -0.1) is 12.4 Å². The van der Waals surface area contributed by atoms with Crippen LogP contribution in [0.25, 0.3) is 0 Å². The van der Waals surface area contributed by atoms with E-state index in [9.17, 15) is 9.59 Å². The summed E-state index contributed by atoms with van der Waals surface area (Å²) in [6.45, 7) is 1.40. The normalized spacial score (nSPS) is 21.7. The molecule has 1 heterocycles. The maximum atomic E-state index is 12.2. The second-order valence-electron chi connectivity index (χ2n) is 6.43. The van der Waals surface area contributed by atoms with Gasteiger partial charge in [-0.1, -0.05) is 25.7 Å². The lowest BCUT2D eigenvalue weighted by molar-refractivity contribution is -0.136. The van der Waals surface area contributed by atoms with Gasteiger partial charge in [0.05, 0.1) is 6.54 Å². The number of carbonyl (C=O) groups is 2. The van der Waals surface area contributed by atoms with Crippen LogP contribution in [0.1, 0.15) is 57.8 Å². The van der Waals surface area contributed by atoms with Crippen molar-refractivity contribution in [1.82, 2.24) is 10.2 Å². The van der Waals surface area contributed by atoms with Crippen LogP contribution in [0.3, 0.4) is 0 Å². The minimum absolute atomic E-state index is 0. The number of halogens is 1. The molecular formula is C16H30ClN3O2. The SMILES string of the molecule is Cl.NCC(NC(=O)CN1CCCCCC1=O)C1CCCCC1. The van der Waals surface area contributed by atoms with Gasteiger partial charge < -0.3 is 16.0 Å². The maximum absolute atomic E-state index is 12.2. The summed E-state index contributed by atoms with van der Waals surface area (Å²) in [5.41, 5.74) is 5.84. The molecule has 3 N–H and O–H groups in total. The Bertz CT molecular complexity index is 359. The third kappa shape index (κ3) is 5.76. The molecule has 0 bridgehead atoms. The van der Waals surface area contributed by atoms with Crippen molar-refractivity contribution in [3.63, 3.8) is 0 Å². The van der Waals surface area contributed by atoms with Crippen molar-refractivity contribution in [3.05, 3.63) is 0 Å². The Morgan fingerprint density at radius 2 is 1.86 bits per heavy atom. The molecule has 0 radical (unpaired) electrons. The molecule has 2 amide bonds. The lowest BCUT2D eigenvalue weighted by Gasteiger charge is -2.31. The summed E-state index contributed by atoms with van der Waals surface area (Å²) in [4.78, 5) is 25.9. The average Bonchev–Trinajstić information content (AvgIpc) is 2.71. The van der Waals surface area contributed by atoms with Crippen LogP contribution in [0.4, 0.5) is 0 Å². The summed E-state index contributed by atoms with van der Waals surface area (Å²) in [6.07, 6.45) is 9.70.